The van der Waals surface area contributed by atoms with Gasteiger partial charge in [0, 0.05) is 24.3 Å². The number of carbonyl (C=O) groups excluding carboxylic acids is 1. The number of amides is 1. The molecule has 0 atom stereocenters. The second-order valence-electron chi connectivity index (χ2n) is 7.22. The molecule has 1 aromatic heterocycles. The minimum Gasteiger partial charge on any atom is -0.322 e. The van der Waals surface area contributed by atoms with E-state index in [1.165, 1.54) is 33.5 Å². The highest BCUT2D eigenvalue weighted by Crippen LogP contribution is 2.28. The summed E-state index contributed by atoms with van der Waals surface area (Å²) in [5.41, 5.74) is 1.39. The molecule has 2 aromatic carbocycles. The SMILES string of the molecule is O=C(Nc1cccc(-n2cnnn2)c1)c1ccc(Cl)c(S(=O)(=O)N2CCCCCC2)c1. The number of sulfonamides is 1. The zero-order valence-corrected chi connectivity index (χ0v) is 18.2. The van der Waals surface area contributed by atoms with Gasteiger partial charge in [-0.1, -0.05) is 30.5 Å². The predicted molar refractivity (Wildman–Crippen MR) is 116 cm³/mol. The molecule has 0 spiro atoms. The Balaban J connectivity index is 1.58. The van der Waals surface area contributed by atoms with Crippen molar-refractivity contribution in [1.29, 1.82) is 0 Å². The van der Waals surface area contributed by atoms with Crippen molar-refractivity contribution >= 4 is 33.2 Å². The maximum absolute atomic E-state index is 13.2. The van der Waals surface area contributed by atoms with Crippen LogP contribution in [0.5, 0.6) is 0 Å². The number of halogens is 1. The van der Waals surface area contributed by atoms with Gasteiger partial charge in [-0.25, -0.2) is 13.1 Å². The highest BCUT2D eigenvalue weighted by atomic mass is 35.5. The Morgan fingerprint density at radius 2 is 1.81 bits per heavy atom. The number of benzene rings is 2. The van der Waals surface area contributed by atoms with E-state index in [0.717, 1.165) is 25.7 Å². The van der Waals surface area contributed by atoms with Crippen LogP contribution in [-0.4, -0.2) is 51.9 Å². The molecule has 162 valence electrons. The van der Waals surface area contributed by atoms with Crippen LogP contribution < -0.4 is 5.32 Å². The van der Waals surface area contributed by atoms with Gasteiger partial charge in [0.15, 0.2) is 0 Å². The van der Waals surface area contributed by atoms with Crippen LogP contribution in [0.15, 0.2) is 53.7 Å². The van der Waals surface area contributed by atoms with E-state index in [-0.39, 0.29) is 15.5 Å². The van der Waals surface area contributed by atoms with E-state index < -0.39 is 15.9 Å². The van der Waals surface area contributed by atoms with Crippen LogP contribution in [0.3, 0.4) is 0 Å². The third-order valence-electron chi connectivity index (χ3n) is 5.09. The Morgan fingerprint density at radius 1 is 1.03 bits per heavy atom. The average Bonchev–Trinajstić information content (AvgIpc) is 3.16. The van der Waals surface area contributed by atoms with Crippen molar-refractivity contribution in [3.05, 3.63) is 59.4 Å². The van der Waals surface area contributed by atoms with E-state index in [4.69, 9.17) is 11.6 Å². The quantitative estimate of drug-likeness (QED) is 0.626. The molecular weight excluding hydrogens is 440 g/mol. The number of aromatic nitrogens is 4. The van der Waals surface area contributed by atoms with Gasteiger partial charge < -0.3 is 5.32 Å². The lowest BCUT2D eigenvalue weighted by molar-refractivity contribution is 0.102. The van der Waals surface area contributed by atoms with Crippen LogP contribution in [0.25, 0.3) is 5.69 Å². The van der Waals surface area contributed by atoms with Gasteiger partial charge >= 0.3 is 0 Å². The van der Waals surface area contributed by atoms with Crippen LogP contribution in [0.4, 0.5) is 5.69 Å². The normalized spacial score (nSPS) is 15.4. The summed E-state index contributed by atoms with van der Waals surface area (Å²) in [6.07, 6.45) is 5.08. The second-order valence-corrected chi connectivity index (χ2v) is 9.54. The molecule has 1 amide bonds. The third kappa shape index (κ3) is 4.76. The molecule has 3 aromatic rings. The van der Waals surface area contributed by atoms with Gasteiger partial charge in [-0.2, -0.15) is 4.31 Å². The van der Waals surface area contributed by atoms with E-state index in [0.29, 0.717) is 24.5 Å². The zero-order valence-electron chi connectivity index (χ0n) is 16.6. The van der Waals surface area contributed by atoms with Gasteiger partial charge in [-0.05, 0) is 59.7 Å². The second kappa shape index (κ2) is 9.13. The van der Waals surface area contributed by atoms with Gasteiger partial charge in [0.2, 0.25) is 10.0 Å². The fourth-order valence-corrected chi connectivity index (χ4v) is 5.49. The largest absolute Gasteiger partial charge is 0.322 e. The lowest BCUT2D eigenvalue weighted by Gasteiger charge is -2.21. The third-order valence-corrected chi connectivity index (χ3v) is 7.47. The number of anilines is 1. The molecular formula is C20H21ClN6O3S. The van der Waals surface area contributed by atoms with Gasteiger partial charge in [-0.15, -0.1) is 5.10 Å². The number of nitrogens with one attached hydrogen (secondary N) is 1. The molecule has 1 saturated heterocycles. The number of hydrogen-bond donors (Lipinski definition) is 1. The minimum atomic E-state index is -3.79. The maximum atomic E-state index is 13.2. The minimum absolute atomic E-state index is 0.0499. The molecule has 0 saturated carbocycles. The lowest BCUT2D eigenvalue weighted by atomic mass is 10.2. The summed E-state index contributed by atoms with van der Waals surface area (Å²) in [6, 6.07) is 11.3. The van der Waals surface area contributed by atoms with Gasteiger partial charge in [0.05, 0.1) is 10.7 Å². The van der Waals surface area contributed by atoms with Crippen LogP contribution >= 0.6 is 11.6 Å². The van der Waals surface area contributed by atoms with Crippen molar-refractivity contribution in [2.45, 2.75) is 30.6 Å². The number of rotatable bonds is 5. The first kappa shape index (κ1) is 21.4. The molecule has 31 heavy (non-hydrogen) atoms. The zero-order chi connectivity index (χ0) is 21.8. The first-order valence-electron chi connectivity index (χ1n) is 9.89. The fraction of sp³-hybridized carbons (Fsp3) is 0.300. The summed E-state index contributed by atoms with van der Waals surface area (Å²) in [6.45, 7) is 0.915. The van der Waals surface area contributed by atoms with E-state index in [1.54, 1.807) is 24.3 Å². The molecule has 2 heterocycles. The van der Waals surface area contributed by atoms with E-state index in [2.05, 4.69) is 20.8 Å². The van der Waals surface area contributed by atoms with E-state index >= 15 is 0 Å². The first-order valence-corrected chi connectivity index (χ1v) is 11.7. The molecule has 1 N–H and O–H groups in total. The van der Waals surface area contributed by atoms with Crippen LogP contribution in [0.1, 0.15) is 36.0 Å². The Hall–Kier alpha value is -2.82. The molecule has 9 nitrogen and oxygen atoms in total. The summed E-state index contributed by atoms with van der Waals surface area (Å²) < 4.78 is 29.2. The predicted octanol–water partition coefficient (Wildman–Crippen LogP) is 3.13. The Kier molecular flexibility index (Phi) is 6.30. The number of tetrazole rings is 1. The summed E-state index contributed by atoms with van der Waals surface area (Å²) in [4.78, 5) is 12.8. The number of carbonyl (C=O) groups is 1. The summed E-state index contributed by atoms with van der Waals surface area (Å²) >= 11 is 6.22. The van der Waals surface area contributed by atoms with Gasteiger partial charge in [0.25, 0.3) is 5.91 Å². The van der Waals surface area contributed by atoms with Gasteiger partial charge in [0.1, 0.15) is 11.2 Å². The Labute approximate surface area is 185 Å². The summed E-state index contributed by atoms with van der Waals surface area (Å²) in [5, 5.41) is 13.9. The molecule has 0 radical (unpaired) electrons. The Morgan fingerprint density at radius 3 is 2.52 bits per heavy atom. The van der Waals surface area contributed by atoms with Crippen molar-refractivity contribution in [2.75, 3.05) is 18.4 Å². The molecule has 0 unspecified atom stereocenters. The highest BCUT2D eigenvalue weighted by Gasteiger charge is 2.28. The van der Waals surface area contributed by atoms with Crippen molar-refractivity contribution in [1.82, 2.24) is 24.5 Å². The van der Waals surface area contributed by atoms with Gasteiger partial charge in [-0.3, -0.25) is 4.79 Å². The van der Waals surface area contributed by atoms with Crippen molar-refractivity contribution in [3.8, 4) is 5.69 Å². The average molecular weight is 461 g/mol. The lowest BCUT2D eigenvalue weighted by Crippen LogP contribution is -2.32. The molecule has 0 bridgehead atoms. The topological polar surface area (TPSA) is 110 Å². The van der Waals surface area contributed by atoms with Crippen LogP contribution in [0, 0.1) is 0 Å². The van der Waals surface area contributed by atoms with Crippen molar-refractivity contribution in [3.63, 3.8) is 0 Å². The summed E-state index contributed by atoms with van der Waals surface area (Å²) in [7, 11) is -3.79. The van der Waals surface area contributed by atoms with Crippen molar-refractivity contribution < 1.29 is 13.2 Å². The monoisotopic (exact) mass is 460 g/mol. The molecule has 1 fully saturated rings. The molecule has 1 aliphatic rings. The Bertz CT molecular complexity index is 1180. The molecule has 11 heteroatoms. The smallest absolute Gasteiger partial charge is 0.255 e. The van der Waals surface area contributed by atoms with Crippen molar-refractivity contribution in [2.24, 2.45) is 0 Å². The van der Waals surface area contributed by atoms with E-state index in [1.807, 2.05) is 0 Å². The van der Waals surface area contributed by atoms with Crippen LogP contribution in [-0.2, 0) is 10.0 Å². The fourth-order valence-electron chi connectivity index (χ4n) is 3.47. The van der Waals surface area contributed by atoms with E-state index in [9.17, 15) is 13.2 Å². The first-order chi connectivity index (χ1) is 14.9. The molecule has 4 rings (SSSR count). The highest BCUT2D eigenvalue weighted by molar-refractivity contribution is 7.89. The summed E-state index contributed by atoms with van der Waals surface area (Å²) in [5.74, 6) is -0.446. The number of hydrogen-bond acceptors (Lipinski definition) is 6. The standard InChI is InChI=1S/C20H21ClN6O3S/c21-18-9-8-15(12-19(18)31(29,30)26-10-3-1-2-4-11-26)20(28)23-16-6-5-7-17(13-16)27-14-22-24-25-27/h5-9,12-14H,1-4,10-11H2,(H,23,28). The number of nitrogens with zero attached hydrogens (tertiary/aromatic N) is 5. The molecule has 0 aliphatic carbocycles. The molecule has 1 aliphatic heterocycles. The van der Waals surface area contributed by atoms with Crippen LogP contribution in [0.2, 0.25) is 5.02 Å². The maximum Gasteiger partial charge on any atom is 0.255 e.